The van der Waals surface area contributed by atoms with Crippen molar-refractivity contribution in [2.75, 3.05) is 25.0 Å². The fraction of sp³-hybridized carbons (Fsp3) is 0.727. The number of halogens is 3. The van der Waals surface area contributed by atoms with Crippen LogP contribution in [0, 0.1) is 0 Å². The summed E-state index contributed by atoms with van der Waals surface area (Å²) in [6, 6.07) is -0.0234. The highest BCUT2D eigenvalue weighted by molar-refractivity contribution is 7.15. The summed E-state index contributed by atoms with van der Waals surface area (Å²) in [5, 5.41) is 8.73. The molecule has 1 fully saturated rings. The number of piperidine rings is 1. The third kappa shape index (κ3) is 4.19. The number of carbonyl (C=O) groups excluding carboxylic acids is 1. The van der Waals surface area contributed by atoms with Crippen molar-refractivity contribution in [2.45, 2.75) is 32.0 Å². The Hall–Kier alpha value is -1.58. The molecular weight excluding hydrogens is 309 g/mol. The van der Waals surface area contributed by atoms with Gasteiger partial charge < -0.3 is 15.0 Å². The molecule has 21 heavy (non-hydrogen) atoms. The molecule has 0 saturated carbocycles. The fourth-order valence-corrected chi connectivity index (χ4v) is 2.68. The lowest BCUT2D eigenvalue weighted by atomic mass is 10.1. The topological polar surface area (TPSA) is 67.3 Å². The van der Waals surface area contributed by atoms with Crippen LogP contribution in [0.25, 0.3) is 0 Å². The molecule has 0 aliphatic carbocycles. The molecule has 1 amide bonds. The van der Waals surface area contributed by atoms with Crippen LogP contribution in [0.2, 0.25) is 0 Å². The van der Waals surface area contributed by atoms with Crippen LogP contribution in [0.1, 0.15) is 24.8 Å². The van der Waals surface area contributed by atoms with Gasteiger partial charge in [0, 0.05) is 19.1 Å². The fourth-order valence-electron chi connectivity index (χ4n) is 1.99. The minimum absolute atomic E-state index is 0.0234. The molecule has 1 aromatic heterocycles. The summed E-state index contributed by atoms with van der Waals surface area (Å²) >= 11 is 0.485. The Labute approximate surface area is 123 Å². The van der Waals surface area contributed by atoms with E-state index in [1.807, 2.05) is 0 Å². The van der Waals surface area contributed by atoms with E-state index in [9.17, 15) is 18.0 Å². The van der Waals surface area contributed by atoms with Crippen LogP contribution in [0.15, 0.2) is 0 Å². The first-order valence-corrected chi connectivity index (χ1v) is 7.30. The second-order valence-corrected chi connectivity index (χ2v) is 5.49. The van der Waals surface area contributed by atoms with Gasteiger partial charge in [0.2, 0.25) is 10.1 Å². The van der Waals surface area contributed by atoms with Crippen molar-refractivity contribution in [3.8, 4) is 0 Å². The molecule has 0 aromatic carbocycles. The van der Waals surface area contributed by atoms with Gasteiger partial charge in [-0.25, -0.2) is 4.79 Å². The third-order valence-electron chi connectivity index (χ3n) is 3.02. The summed E-state index contributed by atoms with van der Waals surface area (Å²) < 4.78 is 42.1. The van der Waals surface area contributed by atoms with Gasteiger partial charge in [-0.15, -0.1) is 10.2 Å². The lowest BCUT2D eigenvalue weighted by molar-refractivity contribution is -0.138. The van der Waals surface area contributed by atoms with Crippen LogP contribution in [0.5, 0.6) is 0 Å². The van der Waals surface area contributed by atoms with E-state index >= 15 is 0 Å². The molecule has 2 rings (SSSR count). The van der Waals surface area contributed by atoms with Crippen LogP contribution < -0.4 is 5.32 Å². The molecule has 1 aliphatic rings. The molecule has 10 heteroatoms. The number of alkyl halides is 3. The molecule has 1 N–H and O–H groups in total. The molecule has 0 spiro atoms. The zero-order chi connectivity index (χ0) is 15.5. The number of rotatable bonds is 3. The monoisotopic (exact) mass is 324 g/mol. The van der Waals surface area contributed by atoms with Crippen molar-refractivity contribution in [3.63, 3.8) is 0 Å². The first kappa shape index (κ1) is 15.8. The molecule has 1 aliphatic heterocycles. The van der Waals surface area contributed by atoms with Crippen molar-refractivity contribution in [3.05, 3.63) is 5.01 Å². The predicted molar refractivity (Wildman–Crippen MR) is 70.2 cm³/mol. The van der Waals surface area contributed by atoms with E-state index in [1.165, 1.54) is 0 Å². The molecule has 1 saturated heterocycles. The highest BCUT2D eigenvalue weighted by atomic mass is 32.1. The van der Waals surface area contributed by atoms with E-state index in [1.54, 1.807) is 11.8 Å². The minimum atomic E-state index is -4.47. The molecule has 118 valence electrons. The van der Waals surface area contributed by atoms with Gasteiger partial charge in [0.25, 0.3) is 0 Å². The van der Waals surface area contributed by atoms with Crippen LogP contribution in [-0.4, -0.2) is 46.9 Å². The van der Waals surface area contributed by atoms with Gasteiger partial charge in [-0.3, -0.25) is 0 Å². The van der Waals surface area contributed by atoms with Crippen LogP contribution in [-0.2, 0) is 10.9 Å². The first-order valence-electron chi connectivity index (χ1n) is 6.49. The van der Waals surface area contributed by atoms with Crippen molar-refractivity contribution in [2.24, 2.45) is 0 Å². The molecule has 0 atom stereocenters. The van der Waals surface area contributed by atoms with Gasteiger partial charge in [0.15, 0.2) is 0 Å². The van der Waals surface area contributed by atoms with Gasteiger partial charge in [-0.2, -0.15) is 13.2 Å². The zero-order valence-electron chi connectivity index (χ0n) is 11.3. The predicted octanol–water partition coefficient (Wildman–Crippen LogP) is 2.59. The van der Waals surface area contributed by atoms with E-state index in [2.05, 4.69) is 15.5 Å². The summed E-state index contributed by atoms with van der Waals surface area (Å²) in [5.74, 6) is 0. The number of ether oxygens (including phenoxy) is 1. The van der Waals surface area contributed by atoms with Gasteiger partial charge in [-0.1, -0.05) is 11.3 Å². The quantitative estimate of drug-likeness (QED) is 0.925. The number of nitrogens with one attached hydrogen (secondary N) is 1. The average Bonchev–Trinajstić information content (AvgIpc) is 2.88. The Morgan fingerprint density at radius 2 is 2.10 bits per heavy atom. The number of anilines is 1. The summed E-state index contributed by atoms with van der Waals surface area (Å²) in [5.41, 5.74) is 0. The average molecular weight is 324 g/mol. The number of amides is 1. The molecule has 0 radical (unpaired) electrons. The smallest absolute Gasteiger partial charge is 0.445 e. The summed E-state index contributed by atoms with van der Waals surface area (Å²) in [7, 11) is 0. The highest BCUT2D eigenvalue weighted by Gasteiger charge is 2.36. The summed E-state index contributed by atoms with van der Waals surface area (Å²) in [6.07, 6.45) is -3.57. The van der Waals surface area contributed by atoms with Crippen molar-refractivity contribution < 1.29 is 22.7 Å². The van der Waals surface area contributed by atoms with Crippen molar-refractivity contribution in [1.82, 2.24) is 15.1 Å². The molecule has 1 aromatic rings. The van der Waals surface area contributed by atoms with Crippen molar-refractivity contribution >= 4 is 22.6 Å². The third-order valence-corrected chi connectivity index (χ3v) is 3.92. The maximum Gasteiger partial charge on any atom is 0.445 e. The van der Waals surface area contributed by atoms with Gasteiger partial charge >= 0.3 is 12.3 Å². The Kier molecular flexibility index (Phi) is 4.86. The second kappa shape index (κ2) is 6.46. The number of likely N-dealkylation sites (tertiary alicyclic amines) is 1. The number of hydrogen-bond acceptors (Lipinski definition) is 6. The van der Waals surface area contributed by atoms with Gasteiger partial charge in [0.1, 0.15) is 0 Å². The molecule has 0 unspecified atom stereocenters. The molecular formula is C11H15F3N4O2S. The number of nitrogens with zero attached hydrogens (tertiary/aromatic N) is 3. The largest absolute Gasteiger partial charge is 0.450 e. The van der Waals surface area contributed by atoms with E-state index < -0.39 is 11.2 Å². The Morgan fingerprint density at radius 1 is 1.43 bits per heavy atom. The van der Waals surface area contributed by atoms with E-state index in [-0.39, 0.29) is 17.3 Å². The van der Waals surface area contributed by atoms with Crippen LogP contribution in [0.4, 0.5) is 23.1 Å². The standard InChI is InChI=1S/C11H15F3N4O2S/c1-2-20-10(19)18-5-3-7(4-6-18)15-9-17-16-8(21-9)11(12,13)14/h7H,2-6H2,1H3,(H,15,17). The van der Waals surface area contributed by atoms with Crippen LogP contribution in [0.3, 0.4) is 0 Å². The normalized spacial score (nSPS) is 16.9. The van der Waals surface area contributed by atoms with Crippen molar-refractivity contribution in [1.29, 1.82) is 0 Å². The molecule has 0 bridgehead atoms. The summed E-state index contributed by atoms with van der Waals surface area (Å²) in [4.78, 5) is 13.1. The van der Waals surface area contributed by atoms with Crippen LogP contribution >= 0.6 is 11.3 Å². The molecule has 2 heterocycles. The maximum absolute atomic E-state index is 12.4. The van der Waals surface area contributed by atoms with E-state index in [0.717, 1.165) is 0 Å². The lowest BCUT2D eigenvalue weighted by Crippen LogP contribution is -2.42. The first-order chi connectivity index (χ1) is 9.90. The summed E-state index contributed by atoms with van der Waals surface area (Å²) in [6.45, 7) is 3.06. The Balaban J connectivity index is 1.83. The minimum Gasteiger partial charge on any atom is -0.450 e. The Morgan fingerprint density at radius 3 is 2.62 bits per heavy atom. The number of aromatic nitrogens is 2. The lowest BCUT2D eigenvalue weighted by Gasteiger charge is -2.31. The number of carbonyl (C=O) groups is 1. The maximum atomic E-state index is 12.4. The number of hydrogen-bond donors (Lipinski definition) is 1. The van der Waals surface area contributed by atoms with Gasteiger partial charge in [-0.05, 0) is 19.8 Å². The highest BCUT2D eigenvalue weighted by Crippen LogP contribution is 2.33. The SMILES string of the molecule is CCOC(=O)N1CCC(Nc2nnc(C(F)(F)F)s2)CC1. The van der Waals surface area contributed by atoms with Gasteiger partial charge in [0.05, 0.1) is 6.61 Å². The zero-order valence-corrected chi connectivity index (χ0v) is 12.1. The van der Waals surface area contributed by atoms with E-state index in [4.69, 9.17) is 4.74 Å². The Bertz CT molecular complexity index is 486. The molecule has 6 nitrogen and oxygen atoms in total. The van der Waals surface area contributed by atoms with E-state index in [0.29, 0.717) is 43.9 Å². The second-order valence-electron chi connectivity index (χ2n) is 4.51.